The summed E-state index contributed by atoms with van der Waals surface area (Å²) in [7, 11) is 1.45. The maximum atomic E-state index is 13.4. The van der Waals surface area contributed by atoms with Crippen LogP contribution in [0.25, 0.3) is 0 Å². The van der Waals surface area contributed by atoms with Crippen molar-refractivity contribution in [2.75, 3.05) is 7.11 Å². The molecule has 0 saturated carbocycles. The number of aliphatic hydroxyl groups excluding tert-OH is 1. The molecule has 96 valence electrons. The van der Waals surface area contributed by atoms with Crippen molar-refractivity contribution in [3.05, 3.63) is 48.8 Å². The van der Waals surface area contributed by atoms with E-state index >= 15 is 0 Å². The summed E-state index contributed by atoms with van der Waals surface area (Å²) in [5.41, 5.74) is 0.528. The minimum atomic E-state index is -0.840. The normalized spacial score (nSPS) is 12.5. The first kappa shape index (κ1) is 14.0. The molecule has 1 unspecified atom stereocenters. The lowest BCUT2D eigenvalue weighted by molar-refractivity contribution is 0.218. The highest BCUT2D eigenvalue weighted by Gasteiger charge is 2.19. The molecule has 2 rings (SSSR count). The molecule has 0 radical (unpaired) electrons. The van der Waals surface area contributed by atoms with Crippen molar-refractivity contribution in [1.82, 2.24) is 0 Å². The lowest BCUT2D eigenvalue weighted by Gasteiger charge is -2.14. The van der Waals surface area contributed by atoms with E-state index in [0.717, 1.165) is 8.66 Å². The van der Waals surface area contributed by atoms with Gasteiger partial charge in [-0.3, -0.25) is 0 Å². The van der Waals surface area contributed by atoms with Crippen molar-refractivity contribution < 1.29 is 14.2 Å². The zero-order valence-electron chi connectivity index (χ0n) is 9.28. The van der Waals surface area contributed by atoms with Gasteiger partial charge in [0.15, 0.2) is 0 Å². The Morgan fingerprint density at radius 1 is 1.33 bits per heavy atom. The van der Waals surface area contributed by atoms with Gasteiger partial charge in [-0.05, 0) is 50.1 Å². The van der Waals surface area contributed by atoms with Crippen molar-refractivity contribution in [1.29, 1.82) is 0 Å². The van der Waals surface area contributed by atoms with Gasteiger partial charge in [0.05, 0.1) is 15.4 Å². The van der Waals surface area contributed by atoms with Crippen LogP contribution in [0.3, 0.4) is 0 Å². The van der Waals surface area contributed by atoms with E-state index in [9.17, 15) is 9.50 Å². The lowest BCUT2D eigenvalue weighted by atomic mass is 10.1. The molecule has 6 heteroatoms. The van der Waals surface area contributed by atoms with Gasteiger partial charge >= 0.3 is 0 Å². The van der Waals surface area contributed by atoms with E-state index in [1.807, 2.05) is 12.1 Å². The van der Waals surface area contributed by atoms with Gasteiger partial charge < -0.3 is 9.84 Å². The van der Waals surface area contributed by atoms with Crippen molar-refractivity contribution in [2.45, 2.75) is 6.10 Å². The molecule has 0 fully saturated rings. The third-order valence-electron chi connectivity index (χ3n) is 2.43. The number of aliphatic hydroxyl groups is 1. The second kappa shape index (κ2) is 5.69. The molecular formula is C12H9Br2FO2S. The number of hydrogen-bond acceptors (Lipinski definition) is 3. The Bertz CT molecular complexity index is 571. The van der Waals surface area contributed by atoms with Gasteiger partial charge in [-0.1, -0.05) is 0 Å². The third kappa shape index (κ3) is 2.77. The van der Waals surface area contributed by atoms with Crippen LogP contribution in [0.4, 0.5) is 4.39 Å². The van der Waals surface area contributed by atoms with E-state index in [1.54, 1.807) is 0 Å². The number of methoxy groups -OCH3 is 1. The van der Waals surface area contributed by atoms with Crippen LogP contribution in [0, 0.1) is 5.82 Å². The summed E-state index contributed by atoms with van der Waals surface area (Å²) in [5.74, 6) is -0.0946. The zero-order chi connectivity index (χ0) is 13.3. The van der Waals surface area contributed by atoms with Gasteiger partial charge in [0.2, 0.25) is 0 Å². The maximum absolute atomic E-state index is 13.4. The molecule has 1 aromatic heterocycles. The van der Waals surface area contributed by atoms with Crippen LogP contribution in [0.2, 0.25) is 0 Å². The Balaban J connectivity index is 2.46. The van der Waals surface area contributed by atoms with Crippen LogP contribution < -0.4 is 4.74 Å². The number of hydrogen-bond donors (Lipinski definition) is 1. The fourth-order valence-electron chi connectivity index (χ4n) is 1.56. The summed E-state index contributed by atoms with van der Waals surface area (Å²) in [5, 5.41) is 10.3. The van der Waals surface area contributed by atoms with E-state index in [0.29, 0.717) is 15.8 Å². The maximum Gasteiger partial charge on any atom is 0.141 e. The molecule has 0 spiro atoms. The van der Waals surface area contributed by atoms with Crippen molar-refractivity contribution in [2.24, 2.45) is 0 Å². The standard InChI is InChI=1S/C12H9Br2FO2S/c1-17-9-5-8(15)7(13)4-6(9)12(16)10-2-3-11(14)18-10/h2-5,12,16H,1H3. The molecule has 0 bridgehead atoms. The monoisotopic (exact) mass is 394 g/mol. The van der Waals surface area contributed by atoms with Crippen LogP contribution in [0.15, 0.2) is 32.5 Å². The number of thiophene rings is 1. The minimum Gasteiger partial charge on any atom is -0.496 e. The van der Waals surface area contributed by atoms with Crippen molar-refractivity contribution in [3.8, 4) is 5.75 Å². The first-order chi connectivity index (χ1) is 8.52. The molecular weight excluding hydrogens is 387 g/mol. The summed E-state index contributed by atoms with van der Waals surface area (Å²) in [6.45, 7) is 0. The minimum absolute atomic E-state index is 0.299. The Labute approximate surface area is 125 Å². The molecule has 0 aliphatic heterocycles. The van der Waals surface area contributed by atoms with Crippen LogP contribution >= 0.6 is 43.2 Å². The molecule has 0 saturated heterocycles. The Morgan fingerprint density at radius 2 is 2.06 bits per heavy atom. The van der Waals surface area contributed by atoms with E-state index in [2.05, 4.69) is 31.9 Å². The second-order valence-corrected chi connectivity index (χ2v) is 6.90. The SMILES string of the molecule is COc1cc(F)c(Br)cc1C(O)c1ccc(Br)s1. The van der Waals surface area contributed by atoms with E-state index in [4.69, 9.17) is 4.74 Å². The van der Waals surface area contributed by atoms with Gasteiger partial charge in [-0.15, -0.1) is 11.3 Å². The fraction of sp³-hybridized carbons (Fsp3) is 0.167. The summed E-state index contributed by atoms with van der Waals surface area (Å²) < 4.78 is 19.7. The zero-order valence-corrected chi connectivity index (χ0v) is 13.3. The molecule has 0 aliphatic carbocycles. The van der Waals surface area contributed by atoms with Gasteiger partial charge in [-0.2, -0.15) is 0 Å². The fourth-order valence-corrected chi connectivity index (χ4v) is 3.35. The van der Waals surface area contributed by atoms with E-state index in [1.165, 1.54) is 30.6 Å². The van der Waals surface area contributed by atoms with Crippen LogP contribution in [0.5, 0.6) is 5.75 Å². The highest BCUT2D eigenvalue weighted by Crippen LogP contribution is 2.37. The summed E-state index contributed by atoms with van der Waals surface area (Å²) in [6.07, 6.45) is -0.840. The average molecular weight is 396 g/mol. The van der Waals surface area contributed by atoms with E-state index < -0.39 is 11.9 Å². The highest BCUT2D eigenvalue weighted by atomic mass is 79.9. The number of rotatable bonds is 3. The number of benzene rings is 1. The second-order valence-electron chi connectivity index (χ2n) is 3.55. The summed E-state index contributed by atoms with van der Waals surface area (Å²) in [6, 6.07) is 6.46. The van der Waals surface area contributed by atoms with Gasteiger partial charge in [0, 0.05) is 16.5 Å². The molecule has 0 aliphatic rings. The molecule has 1 heterocycles. The van der Waals surface area contributed by atoms with Crippen LogP contribution in [-0.2, 0) is 0 Å². The van der Waals surface area contributed by atoms with Crippen molar-refractivity contribution in [3.63, 3.8) is 0 Å². The summed E-state index contributed by atoms with van der Waals surface area (Å²) in [4.78, 5) is 0.763. The topological polar surface area (TPSA) is 29.5 Å². The largest absolute Gasteiger partial charge is 0.496 e. The molecule has 1 atom stereocenters. The highest BCUT2D eigenvalue weighted by molar-refractivity contribution is 9.11. The van der Waals surface area contributed by atoms with E-state index in [-0.39, 0.29) is 0 Å². The third-order valence-corrected chi connectivity index (χ3v) is 4.71. The molecule has 0 amide bonds. The number of ether oxygens (including phenoxy) is 1. The molecule has 2 nitrogen and oxygen atoms in total. The Kier molecular flexibility index (Phi) is 4.42. The van der Waals surface area contributed by atoms with Gasteiger partial charge in [0.1, 0.15) is 17.7 Å². The van der Waals surface area contributed by atoms with Crippen LogP contribution in [0.1, 0.15) is 16.5 Å². The number of halogens is 3. The molecule has 18 heavy (non-hydrogen) atoms. The predicted octanol–water partition coefficient (Wildman–Crippen LogP) is 4.50. The molecule has 1 aromatic carbocycles. The van der Waals surface area contributed by atoms with Crippen molar-refractivity contribution >= 4 is 43.2 Å². The van der Waals surface area contributed by atoms with Crippen LogP contribution in [-0.4, -0.2) is 12.2 Å². The lowest BCUT2D eigenvalue weighted by Crippen LogP contribution is -2.01. The average Bonchev–Trinajstić information content (AvgIpc) is 2.78. The van der Waals surface area contributed by atoms with Gasteiger partial charge in [-0.25, -0.2) is 4.39 Å². The Morgan fingerprint density at radius 3 is 2.61 bits per heavy atom. The molecule has 1 N–H and O–H groups in total. The first-order valence-corrected chi connectivity index (χ1v) is 7.39. The molecule has 2 aromatic rings. The summed E-state index contributed by atoms with van der Waals surface area (Å²) >= 11 is 7.87. The first-order valence-electron chi connectivity index (χ1n) is 4.99. The predicted molar refractivity (Wildman–Crippen MR) is 76.7 cm³/mol. The quantitative estimate of drug-likeness (QED) is 0.828. The Hall–Kier alpha value is -0.430. The van der Waals surface area contributed by atoms with Gasteiger partial charge in [0.25, 0.3) is 0 Å². The smallest absolute Gasteiger partial charge is 0.141 e.